The fraction of sp³-hybridized carbons (Fsp3) is 0.182. The number of amides is 2. The highest BCUT2D eigenvalue weighted by Crippen LogP contribution is 2.28. The molecule has 0 aliphatic rings. The van der Waals surface area contributed by atoms with Gasteiger partial charge in [-0.1, -0.05) is 48.0 Å². The zero-order valence-electron chi connectivity index (χ0n) is 16.4. The lowest BCUT2D eigenvalue weighted by atomic mass is 10.1. The molecule has 2 aromatic carbocycles. The van der Waals surface area contributed by atoms with Crippen LogP contribution < -0.4 is 10.6 Å². The van der Waals surface area contributed by atoms with Crippen LogP contribution in [0.3, 0.4) is 0 Å². The van der Waals surface area contributed by atoms with E-state index in [0.717, 1.165) is 11.1 Å². The molecule has 0 bridgehead atoms. The zero-order chi connectivity index (χ0) is 21.6. The summed E-state index contributed by atoms with van der Waals surface area (Å²) in [4.78, 5) is 24.4. The smallest absolute Gasteiger partial charge is 0.309 e. The molecule has 8 heteroatoms. The maximum atomic E-state index is 13.0. The van der Waals surface area contributed by atoms with Crippen molar-refractivity contribution in [1.29, 1.82) is 0 Å². The second kappa shape index (κ2) is 9.41. The van der Waals surface area contributed by atoms with Gasteiger partial charge in [0.15, 0.2) is 9.84 Å². The lowest BCUT2D eigenvalue weighted by Gasteiger charge is -2.16. The van der Waals surface area contributed by atoms with Crippen LogP contribution in [0.15, 0.2) is 82.3 Å². The lowest BCUT2D eigenvalue weighted by molar-refractivity contribution is -0.139. The van der Waals surface area contributed by atoms with Crippen LogP contribution in [0, 0.1) is 6.92 Å². The van der Waals surface area contributed by atoms with Gasteiger partial charge in [-0.15, -0.1) is 0 Å². The molecular formula is C22H22N2O5S. The number of hydrogen-bond acceptors (Lipinski definition) is 5. The molecule has 7 nitrogen and oxygen atoms in total. The quantitative estimate of drug-likeness (QED) is 0.565. The summed E-state index contributed by atoms with van der Waals surface area (Å²) in [6, 6.07) is 18.5. The molecule has 0 radical (unpaired) electrons. The minimum absolute atomic E-state index is 0.101. The molecule has 0 fully saturated rings. The molecule has 0 saturated heterocycles. The molecule has 0 aliphatic carbocycles. The first-order valence-electron chi connectivity index (χ1n) is 9.32. The predicted octanol–water partition coefficient (Wildman–Crippen LogP) is 2.54. The maximum absolute atomic E-state index is 13.0. The lowest BCUT2D eigenvalue weighted by Crippen LogP contribution is -2.42. The Morgan fingerprint density at radius 2 is 1.57 bits per heavy atom. The molecule has 0 aliphatic heterocycles. The Morgan fingerprint density at radius 1 is 0.900 bits per heavy atom. The second-order valence-electron chi connectivity index (χ2n) is 6.74. The van der Waals surface area contributed by atoms with E-state index in [1.165, 1.54) is 24.5 Å². The van der Waals surface area contributed by atoms with E-state index in [4.69, 9.17) is 4.42 Å². The minimum Gasteiger partial charge on any atom is -0.468 e. The largest absolute Gasteiger partial charge is 0.468 e. The van der Waals surface area contributed by atoms with Gasteiger partial charge < -0.3 is 15.1 Å². The van der Waals surface area contributed by atoms with Gasteiger partial charge in [0.05, 0.1) is 11.2 Å². The summed E-state index contributed by atoms with van der Waals surface area (Å²) in [5.74, 6) is -1.58. The minimum atomic E-state index is -3.84. The van der Waals surface area contributed by atoms with Crippen molar-refractivity contribution in [3.63, 3.8) is 0 Å². The van der Waals surface area contributed by atoms with Crippen LogP contribution in [0.2, 0.25) is 0 Å². The summed E-state index contributed by atoms with van der Waals surface area (Å²) in [6.07, 6.45) is 1.36. The van der Waals surface area contributed by atoms with Crippen LogP contribution in [0.4, 0.5) is 0 Å². The number of carbonyl (C=O) groups is 2. The van der Waals surface area contributed by atoms with Gasteiger partial charge >= 0.3 is 11.8 Å². The van der Waals surface area contributed by atoms with E-state index in [0.29, 0.717) is 0 Å². The van der Waals surface area contributed by atoms with Crippen LogP contribution in [0.25, 0.3) is 0 Å². The summed E-state index contributed by atoms with van der Waals surface area (Å²) in [7, 11) is -3.84. The number of carbonyl (C=O) groups excluding carboxylic acids is 2. The van der Waals surface area contributed by atoms with Gasteiger partial charge in [-0.2, -0.15) is 0 Å². The number of aryl methyl sites for hydroxylation is 1. The first-order valence-corrected chi connectivity index (χ1v) is 10.9. The highest BCUT2D eigenvalue weighted by atomic mass is 32.2. The van der Waals surface area contributed by atoms with Gasteiger partial charge in [-0.3, -0.25) is 9.59 Å². The summed E-state index contributed by atoms with van der Waals surface area (Å²) in [5.41, 5.74) is 1.94. The summed E-state index contributed by atoms with van der Waals surface area (Å²) in [5, 5.41) is 3.76. The number of hydrogen-bond donors (Lipinski definition) is 2. The van der Waals surface area contributed by atoms with Gasteiger partial charge in [-0.05, 0) is 36.8 Å². The van der Waals surface area contributed by atoms with Gasteiger partial charge in [0.25, 0.3) is 0 Å². The van der Waals surface area contributed by atoms with Crippen LogP contribution in [0.5, 0.6) is 0 Å². The van der Waals surface area contributed by atoms with Crippen LogP contribution >= 0.6 is 0 Å². The van der Waals surface area contributed by atoms with Gasteiger partial charge in [0.1, 0.15) is 11.0 Å². The Morgan fingerprint density at radius 3 is 2.20 bits per heavy atom. The SMILES string of the molecule is Cc1ccc(CNC(=O)C(=O)NC[C@@H](c2ccco2)S(=O)(=O)c2ccccc2)cc1. The molecule has 3 rings (SSSR count). The van der Waals surface area contributed by atoms with Crippen molar-refractivity contribution in [1.82, 2.24) is 10.6 Å². The fourth-order valence-electron chi connectivity index (χ4n) is 2.85. The van der Waals surface area contributed by atoms with E-state index >= 15 is 0 Å². The summed E-state index contributed by atoms with van der Waals surface area (Å²) in [6.45, 7) is 1.84. The van der Waals surface area contributed by atoms with Crippen molar-refractivity contribution in [3.8, 4) is 0 Å². The molecule has 0 spiro atoms. The third kappa shape index (κ3) is 5.15. The second-order valence-corrected chi connectivity index (χ2v) is 8.87. The standard InChI is InChI=1S/C22H22N2O5S/c1-16-9-11-17(12-10-16)14-23-21(25)22(26)24-15-20(19-8-5-13-29-19)30(27,28)18-6-3-2-4-7-18/h2-13,20H,14-15H2,1H3,(H,23,25)(H,24,26)/t20-/m0/s1. The monoisotopic (exact) mass is 426 g/mol. The molecule has 1 atom stereocenters. The maximum Gasteiger partial charge on any atom is 0.309 e. The Balaban J connectivity index is 1.66. The highest BCUT2D eigenvalue weighted by molar-refractivity contribution is 7.91. The Bertz CT molecular complexity index is 1090. The molecule has 1 aromatic heterocycles. The normalized spacial score (nSPS) is 12.2. The third-order valence-electron chi connectivity index (χ3n) is 4.53. The average molecular weight is 426 g/mol. The number of nitrogens with one attached hydrogen (secondary N) is 2. The summed E-state index contributed by atoms with van der Waals surface area (Å²) >= 11 is 0. The molecule has 2 amide bonds. The van der Waals surface area contributed by atoms with Crippen molar-refractivity contribution < 1.29 is 22.4 Å². The van der Waals surface area contributed by atoms with Crippen molar-refractivity contribution >= 4 is 21.7 Å². The van der Waals surface area contributed by atoms with E-state index in [-0.39, 0.29) is 23.7 Å². The van der Waals surface area contributed by atoms with Gasteiger partial charge in [-0.25, -0.2) is 8.42 Å². The third-order valence-corrected chi connectivity index (χ3v) is 6.61. The Hall–Kier alpha value is -3.39. The average Bonchev–Trinajstić information content (AvgIpc) is 3.28. The molecule has 0 saturated carbocycles. The molecule has 0 unspecified atom stereocenters. The Labute approximate surface area is 175 Å². The molecule has 3 aromatic rings. The van der Waals surface area contributed by atoms with Crippen molar-refractivity contribution in [2.75, 3.05) is 6.54 Å². The topological polar surface area (TPSA) is 105 Å². The van der Waals surface area contributed by atoms with Gasteiger partial charge in [0, 0.05) is 13.1 Å². The number of benzene rings is 2. The molecule has 30 heavy (non-hydrogen) atoms. The van der Waals surface area contributed by atoms with Crippen LogP contribution in [-0.2, 0) is 26.0 Å². The first-order chi connectivity index (χ1) is 14.4. The first kappa shape index (κ1) is 21.3. The molecular weight excluding hydrogens is 404 g/mol. The number of rotatable bonds is 7. The van der Waals surface area contributed by atoms with Crippen LogP contribution in [0.1, 0.15) is 22.1 Å². The van der Waals surface area contributed by atoms with E-state index in [1.807, 2.05) is 31.2 Å². The summed E-state index contributed by atoms with van der Waals surface area (Å²) < 4.78 is 31.4. The van der Waals surface area contributed by atoms with E-state index in [2.05, 4.69) is 10.6 Å². The van der Waals surface area contributed by atoms with Crippen molar-refractivity contribution in [2.24, 2.45) is 0 Å². The van der Waals surface area contributed by atoms with Crippen molar-refractivity contribution in [2.45, 2.75) is 23.6 Å². The molecule has 2 N–H and O–H groups in total. The molecule has 156 valence electrons. The van der Waals surface area contributed by atoms with E-state index < -0.39 is 26.9 Å². The number of sulfone groups is 1. The van der Waals surface area contributed by atoms with E-state index in [1.54, 1.807) is 24.3 Å². The van der Waals surface area contributed by atoms with E-state index in [9.17, 15) is 18.0 Å². The van der Waals surface area contributed by atoms with Crippen molar-refractivity contribution in [3.05, 3.63) is 89.9 Å². The number of furan rings is 1. The van der Waals surface area contributed by atoms with Gasteiger partial charge in [0.2, 0.25) is 0 Å². The zero-order valence-corrected chi connectivity index (χ0v) is 17.2. The molecule has 1 heterocycles. The van der Waals surface area contributed by atoms with Crippen LogP contribution in [-0.4, -0.2) is 26.8 Å². The highest BCUT2D eigenvalue weighted by Gasteiger charge is 2.32. The Kier molecular flexibility index (Phi) is 6.68. The predicted molar refractivity (Wildman–Crippen MR) is 111 cm³/mol. The fourth-order valence-corrected chi connectivity index (χ4v) is 4.45.